The van der Waals surface area contributed by atoms with E-state index >= 15 is 0 Å². The van der Waals surface area contributed by atoms with Crippen molar-refractivity contribution < 1.29 is 18.3 Å². The summed E-state index contributed by atoms with van der Waals surface area (Å²) in [5, 5.41) is 0. The second-order valence-electron chi connectivity index (χ2n) is 5.13. The predicted molar refractivity (Wildman–Crippen MR) is 88.1 cm³/mol. The summed E-state index contributed by atoms with van der Waals surface area (Å²) in [6.07, 6.45) is 1.46. The third-order valence-electron chi connectivity index (χ3n) is 3.48. The van der Waals surface area contributed by atoms with Crippen molar-refractivity contribution in [2.45, 2.75) is 0 Å². The van der Waals surface area contributed by atoms with E-state index in [-0.39, 0.29) is 17.5 Å². The van der Waals surface area contributed by atoms with Gasteiger partial charge >= 0.3 is 6.01 Å². The first-order valence-electron chi connectivity index (χ1n) is 7.43. The number of nitrogens with zero attached hydrogens (tertiary/aromatic N) is 3. The molecule has 2 aromatic carbocycles. The van der Waals surface area contributed by atoms with Crippen molar-refractivity contribution in [3.63, 3.8) is 0 Å². The summed E-state index contributed by atoms with van der Waals surface area (Å²) in [5.74, 6) is 0.607. The molecule has 2 heterocycles. The van der Waals surface area contributed by atoms with Crippen LogP contribution in [0.25, 0.3) is 22.7 Å². The lowest BCUT2D eigenvalue weighted by atomic mass is 10.2. The summed E-state index contributed by atoms with van der Waals surface area (Å²) in [6.45, 7) is 0. The van der Waals surface area contributed by atoms with Gasteiger partial charge in [0.05, 0.1) is 13.3 Å². The second kappa shape index (κ2) is 6.20. The van der Waals surface area contributed by atoms with Gasteiger partial charge < -0.3 is 13.9 Å². The Bertz CT molecular complexity index is 1050. The number of ether oxygens (including phenoxy) is 2. The molecule has 4 aromatic rings. The Labute approximate surface area is 141 Å². The van der Waals surface area contributed by atoms with Crippen molar-refractivity contribution in [1.82, 2.24) is 15.0 Å². The number of halogens is 1. The van der Waals surface area contributed by atoms with E-state index in [2.05, 4.69) is 15.0 Å². The molecule has 0 amide bonds. The molecule has 7 heteroatoms. The molecule has 0 saturated heterocycles. The Morgan fingerprint density at radius 3 is 2.76 bits per heavy atom. The maximum Gasteiger partial charge on any atom is 0.325 e. The first kappa shape index (κ1) is 15.1. The first-order valence-corrected chi connectivity index (χ1v) is 7.43. The fourth-order valence-electron chi connectivity index (χ4n) is 2.27. The molecular formula is C18H12FN3O3. The van der Waals surface area contributed by atoms with Gasteiger partial charge in [-0.2, -0.15) is 4.98 Å². The highest BCUT2D eigenvalue weighted by Crippen LogP contribution is 2.27. The molecule has 0 unspecified atom stereocenters. The van der Waals surface area contributed by atoms with Crippen LogP contribution in [0.5, 0.6) is 17.5 Å². The van der Waals surface area contributed by atoms with Gasteiger partial charge in [-0.1, -0.05) is 18.2 Å². The van der Waals surface area contributed by atoms with Gasteiger partial charge in [-0.25, -0.2) is 14.4 Å². The summed E-state index contributed by atoms with van der Waals surface area (Å²) >= 11 is 0. The smallest absolute Gasteiger partial charge is 0.325 e. The zero-order valence-corrected chi connectivity index (χ0v) is 13.1. The Balaban J connectivity index is 1.68. The number of methoxy groups -OCH3 is 1. The van der Waals surface area contributed by atoms with Crippen LogP contribution in [0.15, 0.2) is 59.1 Å². The molecule has 0 aliphatic carbocycles. The molecule has 124 valence electrons. The van der Waals surface area contributed by atoms with Gasteiger partial charge in [-0.15, -0.1) is 0 Å². The van der Waals surface area contributed by atoms with E-state index in [1.54, 1.807) is 25.3 Å². The van der Waals surface area contributed by atoms with Crippen molar-refractivity contribution >= 4 is 11.2 Å². The summed E-state index contributed by atoms with van der Waals surface area (Å²) in [4.78, 5) is 12.5. The number of para-hydroxylation sites is 1. The Kier molecular flexibility index (Phi) is 3.74. The first-order chi connectivity index (χ1) is 12.2. The second-order valence-corrected chi connectivity index (χ2v) is 5.13. The fourth-order valence-corrected chi connectivity index (χ4v) is 2.27. The molecular weight excluding hydrogens is 325 g/mol. The predicted octanol–water partition coefficient (Wildman–Crippen LogP) is 4.22. The van der Waals surface area contributed by atoms with Crippen LogP contribution in [0.3, 0.4) is 0 Å². The van der Waals surface area contributed by atoms with Crippen LogP contribution in [-0.4, -0.2) is 22.1 Å². The van der Waals surface area contributed by atoms with Gasteiger partial charge in [0.25, 0.3) is 5.71 Å². The number of aromatic nitrogens is 3. The van der Waals surface area contributed by atoms with Crippen LogP contribution in [0, 0.1) is 5.82 Å². The zero-order valence-electron chi connectivity index (χ0n) is 13.1. The van der Waals surface area contributed by atoms with E-state index < -0.39 is 5.82 Å². The van der Waals surface area contributed by atoms with Gasteiger partial charge in [0, 0.05) is 5.56 Å². The third-order valence-corrected chi connectivity index (χ3v) is 3.48. The number of hydrogen-bond donors (Lipinski definition) is 0. The average molecular weight is 337 g/mol. The highest BCUT2D eigenvalue weighted by Gasteiger charge is 2.13. The third kappa shape index (κ3) is 2.99. The van der Waals surface area contributed by atoms with E-state index in [0.717, 1.165) is 5.56 Å². The maximum atomic E-state index is 13.7. The molecule has 0 N–H and O–H groups in total. The van der Waals surface area contributed by atoms with Gasteiger partial charge in [-0.3, -0.25) is 0 Å². The monoisotopic (exact) mass is 337 g/mol. The minimum Gasteiger partial charge on any atom is -0.497 e. The summed E-state index contributed by atoms with van der Waals surface area (Å²) in [5.41, 5.74) is 1.46. The van der Waals surface area contributed by atoms with Crippen molar-refractivity contribution in [1.29, 1.82) is 0 Å². The van der Waals surface area contributed by atoms with Gasteiger partial charge in [0.2, 0.25) is 5.89 Å². The topological polar surface area (TPSA) is 70.3 Å². The molecule has 0 atom stereocenters. The van der Waals surface area contributed by atoms with Gasteiger partial charge in [-0.05, 0) is 30.3 Å². The highest BCUT2D eigenvalue weighted by molar-refractivity contribution is 5.72. The van der Waals surface area contributed by atoms with E-state index in [4.69, 9.17) is 13.9 Å². The standard InChI is InChI=1S/C18H12FN3O3/c1-23-12-6-4-5-11(9-12)16-21-14-10-20-18(22-17(14)25-16)24-15-8-3-2-7-13(15)19/h2-10H,1H3. The molecule has 4 rings (SSSR count). The summed E-state index contributed by atoms with van der Waals surface area (Å²) in [6, 6.07) is 13.3. The van der Waals surface area contributed by atoms with Crippen molar-refractivity contribution in [3.05, 3.63) is 60.5 Å². The molecule has 0 aliphatic heterocycles. The fraction of sp³-hybridized carbons (Fsp3) is 0.0556. The molecule has 0 radical (unpaired) electrons. The van der Waals surface area contributed by atoms with Gasteiger partial charge in [0.15, 0.2) is 11.6 Å². The number of oxazole rings is 1. The molecule has 0 spiro atoms. The number of benzene rings is 2. The Hall–Kier alpha value is -3.48. The number of hydrogen-bond acceptors (Lipinski definition) is 6. The number of fused-ring (bicyclic) bond motifs is 1. The lowest BCUT2D eigenvalue weighted by molar-refractivity contribution is 0.410. The normalized spacial score (nSPS) is 10.8. The lowest BCUT2D eigenvalue weighted by Crippen LogP contribution is -1.93. The van der Waals surface area contributed by atoms with Gasteiger partial charge in [0.1, 0.15) is 11.3 Å². The highest BCUT2D eigenvalue weighted by atomic mass is 19.1. The quantitative estimate of drug-likeness (QED) is 0.555. The Morgan fingerprint density at radius 1 is 1.04 bits per heavy atom. The van der Waals surface area contributed by atoms with Crippen molar-refractivity contribution in [2.75, 3.05) is 7.11 Å². The number of rotatable bonds is 4. The van der Waals surface area contributed by atoms with E-state index in [1.165, 1.54) is 18.3 Å². The van der Waals surface area contributed by atoms with Crippen LogP contribution < -0.4 is 9.47 Å². The largest absolute Gasteiger partial charge is 0.497 e. The van der Waals surface area contributed by atoms with E-state index in [9.17, 15) is 4.39 Å². The molecule has 0 bridgehead atoms. The molecule has 25 heavy (non-hydrogen) atoms. The minimum atomic E-state index is -0.499. The summed E-state index contributed by atoms with van der Waals surface area (Å²) < 4.78 is 29.9. The molecule has 0 fully saturated rings. The maximum absolute atomic E-state index is 13.7. The van der Waals surface area contributed by atoms with Crippen molar-refractivity contribution in [2.24, 2.45) is 0 Å². The Morgan fingerprint density at radius 2 is 1.92 bits per heavy atom. The summed E-state index contributed by atoms with van der Waals surface area (Å²) in [7, 11) is 1.59. The van der Waals surface area contributed by atoms with Crippen LogP contribution >= 0.6 is 0 Å². The van der Waals surface area contributed by atoms with Crippen LogP contribution in [0.4, 0.5) is 4.39 Å². The molecule has 6 nitrogen and oxygen atoms in total. The van der Waals surface area contributed by atoms with E-state index in [0.29, 0.717) is 17.2 Å². The molecule has 0 aliphatic rings. The zero-order chi connectivity index (χ0) is 17.2. The van der Waals surface area contributed by atoms with E-state index in [1.807, 2.05) is 18.2 Å². The minimum absolute atomic E-state index is 0.0223. The van der Waals surface area contributed by atoms with Crippen LogP contribution in [0.2, 0.25) is 0 Å². The van der Waals surface area contributed by atoms with Crippen LogP contribution in [-0.2, 0) is 0 Å². The SMILES string of the molecule is COc1cccc(-c2nc3cnc(Oc4ccccc4F)nc3o2)c1. The lowest BCUT2D eigenvalue weighted by Gasteiger charge is -2.03. The molecule has 0 saturated carbocycles. The average Bonchev–Trinajstić information content (AvgIpc) is 3.07. The van der Waals surface area contributed by atoms with Crippen molar-refractivity contribution in [3.8, 4) is 29.0 Å². The van der Waals surface area contributed by atoms with Crippen LogP contribution in [0.1, 0.15) is 0 Å². The molecule has 2 aromatic heterocycles.